The molecule has 6 nitrogen and oxygen atoms in total. The van der Waals surface area contributed by atoms with Gasteiger partial charge in [0.25, 0.3) is 0 Å². The molecule has 0 heterocycles. The summed E-state index contributed by atoms with van der Waals surface area (Å²) in [7, 11) is 0. The fraction of sp³-hybridized carbons (Fsp3) is 0.800. The lowest BCUT2D eigenvalue weighted by Crippen LogP contribution is -2.46. The normalized spacial score (nSPS) is 12.6. The van der Waals surface area contributed by atoms with Crippen molar-refractivity contribution in [3.63, 3.8) is 0 Å². The Morgan fingerprint density at radius 1 is 1.56 bits per heavy atom. The van der Waals surface area contributed by atoms with Gasteiger partial charge in [0.1, 0.15) is 5.41 Å². The summed E-state index contributed by atoms with van der Waals surface area (Å²) in [5, 5.41) is 14.1. The zero-order valence-electron chi connectivity index (χ0n) is 10.1. The molecule has 0 unspecified atom stereocenters. The minimum absolute atomic E-state index is 0.102. The van der Waals surface area contributed by atoms with Gasteiger partial charge in [-0.15, -0.1) is 0 Å². The van der Waals surface area contributed by atoms with Crippen molar-refractivity contribution in [2.24, 2.45) is 16.3 Å². The van der Waals surface area contributed by atoms with E-state index in [0.717, 1.165) is 6.42 Å². The Balaban J connectivity index is 3.97. The van der Waals surface area contributed by atoms with Crippen LogP contribution in [0.15, 0.2) is 5.16 Å². The molecule has 0 saturated heterocycles. The number of rotatable bonds is 7. The van der Waals surface area contributed by atoms with Crippen LogP contribution in [0, 0.1) is 5.41 Å². The van der Waals surface area contributed by atoms with Crippen LogP contribution in [0.25, 0.3) is 0 Å². The number of carbonyl (C=O) groups excluding carboxylic acids is 1. The summed E-state index contributed by atoms with van der Waals surface area (Å²) in [6, 6.07) is 0. The highest BCUT2D eigenvalue weighted by Crippen LogP contribution is 2.14. The molecule has 0 aromatic carbocycles. The van der Waals surface area contributed by atoms with Crippen LogP contribution >= 0.6 is 0 Å². The topological polar surface area (TPSA) is 96.9 Å². The largest absolute Gasteiger partial charge is 0.409 e. The van der Waals surface area contributed by atoms with E-state index in [1.807, 2.05) is 6.92 Å². The molecule has 0 aliphatic rings. The zero-order valence-corrected chi connectivity index (χ0v) is 10.1. The molecule has 0 rings (SSSR count). The summed E-state index contributed by atoms with van der Waals surface area (Å²) in [6.45, 7) is 6.91. The predicted molar refractivity (Wildman–Crippen MR) is 61.3 cm³/mol. The third-order valence-corrected chi connectivity index (χ3v) is 2.27. The Hall–Kier alpha value is -1.30. The van der Waals surface area contributed by atoms with E-state index in [2.05, 4.69) is 10.5 Å². The smallest absolute Gasteiger partial charge is 0.233 e. The molecule has 0 radical (unpaired) electrons. The van der Waals surface area contributed by atoms with Crippen LogP contribution in [0.3, 0.4) is 0 Å². The van der Waals surface area contributed by atoms with Gasteiger partial charge in [-0.05, 0) is 27.2 Å². The SMILES string of the molecule is CCOCCCNC(=O)C(C)(C)C(N)=NO. The molecule has 0 spiro atoms. The summed E-state index contributed by atoms with van der Waals surface area (Å²) in [5.41, 5.74) is 4.42. The van der Waals surface area contributed by atoms with Crippen LogP contribution in [0.2, 0.25) is 0 Å². The highest BCUT2D eigenvalue weighted by atomic mass is 16.5. The molecule has 0 aliphatic carbocycles. The lowest BCUT2D eigenvalue weighted by molar-refractivity contribution is -0.126. The van der Waals surface area contributed by atoms with Crippen molar-refractivity contribution in [2.75, 3.05) is 19.8 Å². The first kappa shape index (κ1) is 14.7. The molecular formula is C10H21N3O3. The summed E-state index contributed by atoms with van der Waals surface area (Å²) in [6.07, 6.45) is 0.742. The first-order chi connectivity index (χ1) is 7.46. The summed E-state index contributed by atoms with van der Waals surface area (Å²) < 4.78 is 5.13. The first-order valence-electron chi connectivity index (χ1n) is 5.30. The van der Waals surface area contributed by atoms with Gasteiger partial charge in [0.15, 0.2) is 5.84 Å². The van der Waals surface area contributed by atoms with E-state index >= 15 is 0 Å². The van der Waals surface area contributed by atoms with Crippen molar-refractivity contribution in [2.45, 2.75) is 27.2 Å². The fourth-order valence-corrected chi connectivity index (χ4v) is 0.983. The molecule has 1 amide bonds. The lowest BCUT2D eigenvalue weighted by Gasteiger charge is -2.21. The molecule has 0 atom stereocenters. The number of amides is 1. The predicted octanol–water partition coefficient (Wildman–Crippen LogP) is 0.302. The molecule has 0 saturated carbocycles. The molecule has 0 fully saturated rings. The third-order valence-electron chi connectivity index (χ3n) is 2.27. The monoisotopic (exact) mass is 231 g/mol. The van der Waals surface area contributed by atoms with Gasteiger partial charge in [-0.3, -0.25) is 4.79 Å². The number of nitrogens with two attached hydrogens (primary N) is 1. The van der Waals surface area contributed by atoms with Gasteiger partial charge in [0.2, 0.25) is 5.91 Å². The zero-order chi connectivity index (χ0) is 12.6. The van der Waals surface area contributed by atoms with E-state index in [4.69, 9.17) is 15.7 Å². The standard InChI is InChI=1S/C10H21N3O3/c1-4-16-7-5-6-12-9(14)10(2,3)8(11)13-15/h15H,4-7H2,1-3H3,(H2,11,13)(H,12,14). The number of nitrogens with zero attached hydrogens (tertiary/aromatic N) is 1. The number of oxime groups is 1. The van der Waals surface area contributed by atoms with Gasteiger partial charge in [-0.2, -0.15) is 0 Å². The Morgan fingerprint density at radius 2 is 2.19 bits per heavy atom. The van der Waals surface area contributed by atoms with E-state index in [1.54, 1.807) is 13.8 Å². The van der Waals surface area contributed by atoms with Crippen molar-refractivity contribution >= 4 is 11.7 Å². The van der Waals surface area contributed by atoms with Gasteiger partial charge in [0, 0.05) is 19.8 Å². The Kier molecular flexibility index (Phi) is 6.48. The summed E-state index contributed by atoms with van der Waals surface area (Å²) in [4.78, 5) is 11.7. The average Bonchev–Trinajstić information content (AvgIpc) is 2.27. The van der Waals surface area contributed by atoms with Gasteiger partial charge in [-0.1, -0.05) is 5.16 Å². The highest BCUT2D eigenvalue weighted by Gasteiger charge is 2.32. The first-order valence-corrected chi connectivity index (χ1v) is 5.30. The maximum absolute atomic E-state index is 11.7. The second-order valence-corrected chi connectivity index (χ2v) is 3.92. The Bertz CT molecular complexity index is 252. The molecule has 0 bridgehead atoms. The van der Waals surface area contributed by atoms with Crippen LogP contribution in [-0.2, 0) is 9.53 Å². The van der Waals surface area contributed by atoms with E-state index in [1.165, 1.54) is 0 Å². The van der Waals surface area contributed by atoms with Gasteiger partial charge >= 0.3 is 0 Å². The minimum Gasteiger partial charge on any atom is -0.409 e. The van der Waals surface area contributed by atoms with Gasteiger partial charge in [0.05, 0.1) is 0 Å². The maximum atomic E-state index is 11.7. The van der Waals surface area contributed by atoms with E-state index < -0.39 is 5.41 Å². The van der Waals surface area contributed by atoms with Crippen LogP contribution in [0.1, 0.15) is 27.2 Å². The van der Waals surface area contributed by atoms with E-state index in [0.29, 0.717) is 19.8 Å². The number of nitrogens with one attached hydrogen (secondary N) is 1. The number of carbonyl (C=O) groups is 1. The van der Waals surface area contributed by atoms with E-state index in [-0.39, 0.29) is 11.7 Å². The fourth-order valence-electron chi connectivity index (χ4n) is 0.983. The summed E-state index contributed by atoms with van der Waals surface area (Å²) in [5.74, 6) is -0.367. The molecule has 94 valence electrons. The number of amidine groups is 1. The van der Waals surface area contributed by atoms with Crippen LogP contribution in [0.4, 0.5) is 0 Å². The van der Waals surface area contributed by atoms with Crippen LogP contribution in [-0.4, -0.2) is 36.7 Å². The Morgan fingerprint density at radius 3 is 2.69 bits per heavy atom. The minimum atomic E-state index is -1.000. The maximum Gasteiger partial charge on any atom is 0.233 e. The van der Waals surface area contributed by atoms with Crippen molar-refractivity contribution in [3.8, 4) is 0 Å². The molecule has 16 heavy (non-hydrogen) atoms. The van der Waals surface area contributed by atoms with Crippen LogP contribution in [0.5, 0.6) is 0 Å². The van der Waals surface area contributed by atoms with Crippen molar-refractivity contribution in [3.05, 3.63) is 0 Å². The quantitative estimate of drug-likeness (QED) is 0.193. The van der Waals surface area contributed by atoms with Gasteiger partial charge < -0.3 is 21.0 Å². The Labute approximate surface area is 95.8 Å². The third kappa shape index (κ3) is 4.48. The van der Waals surface area contributed by atoms with Crippen molar-refractivity contribution < 1.29 is 14.7 Å². The lowest BCUT2D eigenvalue weighted by atomic mass is 9.91. The van der Waals surface area contributed by atoms with Crippen molar-refractivity contribution in [1.82, 2.24) is 5.32 Å². The van der Waals surface area contributed by atoms with Gasteiger partial charge in [-0.25, -0.2) is 0 Å². The molecule has 0 aromatic rings. The summed E-state index contributed by atoms with van der Waals surface area (Å²) >= 11 is 0. The molecule has 4 N–H and O–H groups in total. The molecular weight excluding hydrogens is 210 g/mol. The second-order valence-electron chi connectivity index (χ2n) is 3.92. The molecule has 6 heteroatoms. The molecule has 0 aromatic heterocycles. The van der Waals surface area contributed by atoms with Crippen LogP contribution < -0.4 is 11.1 Å². The number of hydrogen-bond acceptors (Lipinski definition) is 4. The van der Waals surface area contributed by atoms with Crippen molar-refractivity contribution in [1.29, 1.82) is 0 Å². The average molecular weight is 231 g/mol. The number of ether oxygens (including phenoxy) is 1. The molecule has 0 aliphatic heterocycles. The van der Waals surface area contributed by atoms with E-state index in [9.17, 15) is 4.79 Å². The number of hydrogen-bond donors (Lipinski definition) is 3. The highest BCUT2D eigenvalue weighted by molar-refractivity contribution is 6.05. The second kappa shape index (κ2) is 7.05.